The maximum Gasteiger partial charge on any atom is 0.325 e. The smallest absolute Gasteiger partial charge is 0.325 e. The number of carbonyl (C=O) groups excluding carboxylic acids is 3. The van der Waals surface area contributed by atoms with Gasteiger partial charge in [0.25, 0.3) is 11.8 Å². The first kappa shape index (κ1) is 21.6. The molecule has 0 aromatic heterocycles. The van der Waals surface area contributed by atoms with Gasteiger partial charge >= 0.3 is 5.97 Å². The second-order valence-electron chi connectivity index (χ2n) is 9.39. The van der Waals surface area contributed by atoms with Gasteiger partial charge in [-0.25, -0.2) is 0 Å². The lowest BCUT2D eigenvalue weighted by molar-refractivity contribution is -0.148. The first-order chi connectivity index (χ1) is 14.3. The summed E-state index contributed by atoms with van der Waals surface area (Å²) in [7, 11) is 0. The van der Waals surface area contributed by atoms with Crippen molar-refractivity contribution in [2.75, 3.05) is 13.2 Å². The van der Waals surface area contributed by atoms with E-state index in [1.54, 1.807) is 12.1 Å². The minimum atomic E-state index is -0.619. The van der Waals surface area contributed by atoms with Crippen molar-refractivity contribution in [3.05, 3.63) is 33.4 Å². The molecule has 1 aromatic rings. The van der Waals surface area contributed by atoms with E-state index in [0.717, 1.165) is 21.3 Å². The van der Waals surface area contributed by atoms with E-state index in [-0.39, 0.29) is 36.4 Å². The molecule has 1 atom stereocenters. The molecule has 4 bridgehead atoms. The van der Waals surface area contributed by atoms with Crippen LogP contribution in [0.3, 0.4) is 0 Å². The van der Waals surface area contributed by atoms with Crippen LogP contribution in [0.1, 0.15) is 55.8 Å². The summed E-state index contributed by atoms with van der Waals surface area (Å²) in [5, 5.41) is 5.63. The fourth-order valence-corrected chi connectivity index (χ4v) is 6.87. The molecule has 2 N–H and O–H groups in total. The molecule has 0 saturated heterocycles. The number of carbonyl (C=O) groups is 3. The van der Waals surface area contributed by atoms with Gasteiger partial charge in [-0.1, -0.05) is 12.1 Å². The van der Waals surface area contributed by atoms with Crippen molar-refractivity contribution in [3.63, 3.8) is 0 Å². The Morgan fingerprint density at radius 3 is 2.30 bits per heavy atom. The summed E-state index contributed by atoms with van der Waals surface area (Å²) in [5.41, 5.74) is 0.725. The molecule has 0 heterocycles. The number of hydrogen-bond acceptors (Lipinski definition) is 4. The lowest BCUT2D eigenvalue weighted by atomic mass is 9.48. The lowest BCUT2D eigenvalue weighted by Gasteiger charge is -2.59. The molecule has 7 heteroatoms. The molecule has 5 rings (SSSR count). The van der Waals surface area contributed by atoms with E-state index < -0.39 is 5.97 Å². The maximum absolute atomic E-state index is 12.4. The lowest BCUT2D eigenvalue weighted by Crippen LogP contribution is -2.56. The fraction of sp³-hybridized carbons (Fsp3) is 0.609. The normalized spacial score (nSPS) is 29.9. The Bertz CT molecular complexity index is 805. The molecule has 4 fully saturated rings. The third-order valence-corrected chi connectivity index (χ3v) is 8.20. The highest BCUT2D eigenvalue weighted by Gasteiger charge is 2.53. The number of benzene rings is 1. The van der Waals surface area contributed by atoms with Gasteiger partial charge in [-0.2, -0.15) is 0 Å². The topological polar surface area (TPSA) is 84.5 Å². The van der Waals surface area contributed by atoms with Crippen molar-refractivity contribution >= 4 is 40.4 Å². The van der Waals surface area contributed by atoms with Gasteiger partial charge in [0.2, 0.25) is 0 Å². The van der Waals surface area contributed by atoms with Gasteiger partial charge in [0, 0.05) is 9.61 Å². The van der Waals surface area contributed by atoms with Gasteiger partial charge < -0.3 is 15.4 Å². The molecular formula is C23H29IN2O4. The molecular weight excluding hydrogens is 495 g/mol. The average molecular weight is 524 g/mol. The Labute approximate surface area is 191 Å². The number of amides is 2. The number of halogens is 1. The zero-order valence-corrected chi connectivity index (χ0v) is 19.4. The van der Waals surface area contributed by atoms with E-state index in [2.05, 4.69) is 40.1 Å². The van der Waals surface area contributed by atoms with Crippen molar-refractivity contribution in [2.45, 2.75) is 51.5 Å². The van der Waals surface area contributed by atoms with Crippen LogP contribution in [0.4, 0.5) is 0 Å². The van der Waals surface area contributed by atoms with Crippen LogP contribution in [0.5, 0.6) is 0 Å². The van der Waals surface area contributed by atoms with E-state index >= 15 is 0 Å². The van der Waals surface area contributed by atoms with Crippen LogP contribution >= 0.6 is 22.6 Å². The van der Waals surface area contributed by atoms with Gasteiger partial charge in [0.15, 0.2) is 6.61 Å². The van der Waals surface area contributed by atoms with Crippen LogP contribution in [0, 0.1) is 26.7 Å². The first-order valence-electron chi connectivity index (χ1n) is 10.8. The van der Waals surface area contributed by atoms with Gasteiger partial charge in [-0.15, -0.1) is 0 Å². The Morgan fingerprint density at radius 2 is 1.70 bits per heavy atom. The second-order valence-corrected chi connectivity index (χ2v) is 10.6. The van der Waals surface area contributed by atoms with Crippen molar-refractivity contribution in [1.29, 1.82) is 0 Å². The van der Waals surface area contributed by atoms with E-state index in [0.29, 0.717) is 5.56 Å². The summed E-state index contributed by atoms with van der Waals surface area (Å²) >= 11 is 2.07. The molecule has 0 radical (unpaired) electrons. The van der Waals surface area contributed by atoms with Crippen molar-refractivity contribution < 1.29 is 19.1 Å². The van der Waals surface area contributed by atoms with Crippen LogP contribution in [0.25, 0.3) is 0 Å². The number of hydrogen-bond donors (Lipinski definition) is 2. The number of esters is 1. The van der Waals surface area contributed by atoms with Crippen LogP contribution in [-0.2, 0) is 14.3 Å². The molecule has 2 amide bonds. The highest BCUT2D eigenvalue weighted by Crippen LogP contribution is 2.61. The average Bonchev–Trinajstić information content (AvgIpc) is 2.70. The number of nitrogens with one attached hydrogen (secondary N) is 2. The predicted octanol–water partition coefficient (Wildman–Crippen LogP) is 3.29. The molecule has 0 spiro atoms. The number of ether oxygens (including phenoxy) is 1. The van der Waals surface area contributed by atoms with Gasteiger partial charge in [0.1, 0.15) is 6.54 Å². The van der Waals surface area contributed by atoms with Crippen LogP contribution in [0.15, 0.2) is 24.3 Å². The van der Waals surface area contributed by atoms with Crippen LogP contribution in [0.2, 0.25) is 0 Å². The summed E-state index contributed by atoms with van der Waals surface area (Å²) in [4.78, 5) is 36.5. The standard InChI is InChI=1S/C23H29IN2O4/c1-14(23-9-15-6-16(10-23)8-17(7-15)11-23)26-20(27)13-30-21(28)12-25-22(29)18-4-2-3-5-19(18)24/h2-5,14-17H,6-13H2,1H3,(H,25,29)(H,26,27)/t14-,15?,16?,17?,23?/m1/s1. The minimum absolute atomic E-state index is 0.0944. The quantitative estimate of drug-likeness (QED) is 0.424. The van der Waals surface area contributed by atoms with Gasteiger partial charge in [-0.3, -0.25) is 14.4 Å². The highest BCUT2D eigenvalue weighted by molar-refractivity contribution is 14.1. The monoisotopic (exact) mass is 524 g/mol. The molecule has 4 saturated carbocycles. The third-order valence-electron chi connectivity index (χ3n) is 7.26. The summed E-state index contributed by atoms with van der Waals surface area (Å²) < 4.78 is 5.88. The first-order valence-corrected chi connectivity index (χ1v) is 11.9. The van der Waals surface area contributed by atoms with E-state index in [4.69, 9.17) is 4.74 Å². The largest absolute Gasteiger partial charge is 0.454 e. The van der Waals surface area contributed by atoms with Gasteiger partial charge in [0.05, 0.1) is 5.56 Å². The predicted molar refractivity (Wildman–Crippen MR) is 121 cm³/mol. The van der Waals surface area contributed by atoms with Gasteiger partial charge in [-0.05, 0) is 103 Å². The van der Waals surface area contributed by atoms with E-state index in [1.807, 2.05) is 12.1 Å². The molecule has 4 aliphatic rings. The molecule has 4 aliphatic carbocycles. The maximum atomic E-state index is 12.4. The van der Waals surface area contributed by atoms with Crippen LogP contribution < -0.4 is 10.6 Å². The van der Waals surface area contributed by atoms with E-state index in [9.17, 15) is 14.4 Å². The fourth-order valence-electron chi connectivity index (χ4n) is 6.23. The Balaban J connectivity index is 1.21. The molecule has 6 nitrogen and oxygen atoms in total. The third kappa shape index (κ3) is 4.65. The molecule has 0 unspecified atom stereocenters. The molecule has 162 valence electrons. The molecule has 1 aromatic carbocycles. The Hall–Kier alpha value is -1.64. The zero-order valence-electron chi connectivity index (χ0n) is 17.3. The van der Waals surface area contributed by atoms with E-state index in [1.165, 1.54) is 38.5 Å². The zero-order chi connectivity index (χ0) is 21.3. The minimum Gasteiger partial charge on any atom is -0.454 e. The van der Waals surface area contributed by atoms with Crippen molar-refractivity contribution in [2.24, 2.45) is 23.2 Å². The number of rotatable bonds is 7. The Morgan fingerprint density at radius 1 is 1.10 bits per heavy atom. The van der Waals surface area contributed by atoms with Crippen LogP contribution in [-0.4, -0.2) is 37.0 Å². The molecule has 0 aliphatic heterocycles. The SMILES string of the molecule is C[C@@H](NC(=O)COC(=O)CNC(=O)c1ccccc1I)C12CC3CC(CC(C3)C1)C2. The summed E-state index contributed by atoms with van der Waals surface area (Å²) in [5.74, 6) is 1.25. The summed E-state index contributed by atoms with van der Waals surface area (Å²) in [6.07, 6.45) is 7.74. The Kier molecular flexibility index (Phi) is 6.36. The highest BCUT2D eigenvalue weighted by atomic mass is 127. The van der Waals surface area contributed by atoms with Crippen molar-refractivity contribution in [3.8, 4) is 0 Å². The molecule has 30 heavy (non-hydrogen) atoms. The summed E-state index contributed by atoms with van der Waals surface area (Å²) in [6, 6.07) is 7.22. The summed E-state index contributed by atoms with van der Waals surface area (Å²) in [6.45, 7) is 1.53. The second kappa shape index (κ2) is 8.85. The van der Waals surface area contributed by atoms with Crippen molar-refractivity contribution in [1.82, 2.24) is 10.6 Å².